The van der Waals surface area contributed by atoms with Gasteiger partial charge in [-0.1, -0.05) is 44.2 Å². The Bertz CT molecular complexity index is 815. The molecule has 2 amide bonds. The molecule has 0 aliphatic heterocycles. The zero-order valence-electron chi connectivity index (χ0n) is 16.6. The molecular weight excluding hydrogens is 340 g/mol. The van der Waals surface area contributed by atoms with Crippen LogP contribution in [-0.2, 0) is 16.0 Å². The van der Waals surface area contributed by atoms with Crippen molar-refractivity contribution < 1.29 is 14.3 Å². The van der Waals surface area contributed by atoms with Crippen LogP contribution in [0.2, 0.25) is 0 Å². The maximum absolute atomic E-state index is 12.4. The second-order valence-electron chi connectivity index (χ2n) is 7.08. The fraction of sp³-hybridized carbons (Fsp3) is 0.364. The van der Waals surface area contributed by atoms with Crippen molar-refractivity contribution in [2.45, 2.75) is 46.1 Å². The molecule has 0 radical (unpaired) electrons. The summed E-state index contributed by atoms with van der Waals surface area (Å²) < 4.78 is 5.21. The van der Waals surface area contributed by atoms with E-state index in [1.165, 1.54) is 0 Å². The highest BCUT2D eigenvalue weighted by Crippen LogP contribution is 2.27. The number of ether oxygens (including phenoxy) is 1. The zero-order valence-corrected chi connectivity index (χ0v) is 16.6. The van der Waals surface area contributed by atoms with E-state index < -0.39 is 11.8 Å². The molecule has 144 valence electrons. The van der Waals surface area contributed by atoms with Gasteiger partial charge in [0.05, 0.1) is 7.11 Å². The van der Waals surface area contributed by atoms with Crippen molar-refractivity contribution in [1.82, 2.24) is 5.32 Å². The minimum absolute atomic E-state index is 0.184. The lowest BCUT2D eigenvalue weighted by Crippen LogP contribution is -2.41. The molecule has 0 aromatic heterocycles. The Labute approximate surface area is 161 Å². The monoisotopic (exact) mass is 368 g/mol. The third kappa shape index (κ3) is 5.58. The first-order valence-electron chi connectivity index (χ1n) is 9.16. The van der Waals surface area contributed by atoms with Crippen molar-refractivity contribution in [3.63, 3.8) is 0 Å². The molecule has 2 aromatic carbocycles. The minimum Gasteiger partial charge on any atom is -0.497 e. The summed E-state index contributed by atoms with van der Waals surface area (Å²) in [4.78, 5) is 24.7. The quantitative estimate of drug-likeness (QED) is 0.762. The number of rotatable bonds is 6. The normalized spacial score (nSPS) is 11.8. The van der Waals surface area contributed by atoms with E-state index in [-0.39, 0.29) is 12.0 Å². The zero-order chi connectivity index (χ0) is 20.0. The Morgan fingerprint density at radius 2 is 1.74 bits per heavy atom. The summed E-state index contributed by atoms with van der Waals surface area (Å²) in [6, 6.07) is 13.3. The van der Waals surface area contributed by atoms with E-state index in [0.717, 1.165) is 22.4 Å². The lowest BCUT2D eigenvalue weighted by Gasteiger charge is -2.18. The predicted molar refractivity (Wildman–Crippen MR) is 108 cm³/mol. The van der Waals surface area contributed by atoms with Crippen molar-refractivity contribution in [2.75, 3.05) is 12.4 Å². The van der Waals surface area contributed by atoms with E-state index in [4.69, 9.17) is 4.74 Å². The molecule has 5 nitrogen and oxygen atoms in total. The smallest absolute Gasteiger partial charge is 0.313 e. The van der Waals surface area contributed by atoms with Gasteiger partial charge in [0.15, 0.2) is 0 Å². The van der Waals surface area contributed by atoms with Crippen LogP contribution in [0, 0.1) is 6.92 Å². The molecule has 2 N–H and O–H groups in total. The van der Waals surface area contributed by atoms with E-state index in [2.05, 4.69) is 24.5 Å². The molecule has 5 heteroatoms. The van der Waals surface area contributed by atoms with Crippen molar-refractivity contribution in [1.29, 1.82) is 0 Å². The van der Waals surface area contributed by atoms with Crippen LogP contribution in [0.4, 0.5) is 5.69 Å². The van der Waals surface area contributed by atoms with Crippen molar-refractivity contribution >= 4 is 17.5 Å². The average Bonchev–Trinajstić information content (AvgIpc) is 2.63. The van der Waals surface area contributed by atoms with Gasteiger partial charge in [0, 0.05) is 11.7 Å². The molecule has 2 rings (SSSR count). The molecule has 0 saturated heterocycles. The molecule has 1 unspecified atom stereocenters. The van der Waals surface area contributed by atoms with E-state index in [9.17, 15) is 9.59 Å². The lowest BCUT2D eigenvalue weighted by molar-refractivity contribution is -0.136. The fourth-order valence-corrected chi connectivity index (χ4v) is 3.01. The van der Waals surface area contributed by atoms with Gasteiger partial charge in [-0.05, 0) is 55.0 Å². The van der Waals surface area contributed by atoms with E-state index in [1.807, 2.05) is 56.3 Å². The topological polar surface area (TPSA) is 67.4 Å². The summed E-state index contributed by atoms with van der Waals surface area (Å²) in [5.41, 5.74) is 3.70. The Balaban J connectivity index is 2.00. The number of benzene rings is 2. The summed E-state index contributed by atoms with van der Waals surface area (Å²) in [6.45, 7) is 7.91. The average molecular weight is 368 g/mol. The largest absolute Gasteiger partial charge is 0.497 e. The highest BCUT2D eigenvalue weighted by molar-refractivity contribution is 6.39. The Kier molecular flexibility index (Phi) is 6.99. The second-order valence-corrected chi connectivity index (χ2v) is 7.08. The van der Waals surface area contributed by atoms with Gasteiger partial charge >= 0.3 is 11.8 Å². The summed E-state index contributed by atoms with van der Waals surface area (Å²) in [6.07, 6.45) is 0.609. The molecular formula is C22H28N2O3. The first-order chi connectivity index (χ1) is 12.8. The lowest BCUT2D eigenvalue weighted by atomic mass is 9.98. The minimum atomic E-state index is -0.649. The van der Waals surface area contributed by atoms with Gasteiger partial charge in [-0.15, -0.1) is 0 Å². The highest BCUT2D eigenvalue weighted by Gasteiger charge is 2.19. The fourth-order valence-electron chi connectivity index (χ4n) is 3.01. The molecule has 0 saturated carbocycles. The van der Waals surface area contributed by atoms with E-state index >= 15 is 0 Å². The van der Waals surface area contributed by atoms with Crippen molar-refractivity contribution in [3.05, 3.63) is 59.2 Å². The molecule has 0 heterocycles. The molecule has 27 heavy (non-hydrogen) atoms. The number of hydrogen-bond acceptors (Lipinski definition) is 3. The molecule has 2 aromatic rings. The molecule has 0 fully saturated rings. The number of methoxy groups -OCH3 is 1. The Hall–Kier alpha value is -2.82. The number of anilines is 1. The summed E-state index contributed by atoms with van der Waals surface area (Å²) in [5, 5.41) is 5.54. The van der Waals surface area contributed by atoms with Gasteiger partial charge in [-0.25, -0.2) is 0 Å². The number of carbonyl (C=O) groups is 2. The van der Waals surface area contributed by atoms with Crippen LogP contribution in [0.25, 0.3) is 0 Å². The van der Waals surface area contributed by atoms with Crippen LogP contribution < -0.4 is 15.4 Å². The standard InChI is InChI=1S/C22H28N2O3/c1-14(2)19-11-6-8-15(3)20(19)24-22(26)21(25)23-16(4)12-17-9-7-10-18(13-17)27-5/h6-11,13-14,16H,12H2,1-5H3,(H,23,25)(H,24,26). The molecule has 0 aliphatic rings. The number of hydrogen-bond donors (Lipinski definition) is 2. The number of aryl methyl sites for hydroxylation is 1. The van der Waals surface area contributed by atoms with Gasteiger partial charge in [0.1, 0.15) is 5.75 Å². The first-order valence-corrected chi connectivity index (χ1v) is 9.16. The van der Waals surface area contributed by atoms with Crippen LogP contribution in [0.5, 0.6) is 5.75 Å². The molecule has 0 spiro atoms. The number of carbonyl (C=O) groups excluding carboxylic acids is 2. The van der Waals surface area contributed by atoms with Crippen molar-refractivity contribution in [3.8, 4) is 5.75 Å². The molecule has 0 bridgehead atoms. The Morgan fingerprint density at radius 1 is 1.04 bits per heavy atom. The third-order valence-corrected chi connectivity index (χ3v) is 4.43. The van der Waals surface area contributed by atoms with Crippen molar-refractivity contribution in [2.24, 2.45) is 0 Å². The first kappa shape index (κ1) is 20.5. The number of amides is 2. The van der Waals surface area contributed by atoms with Crippen LogP contribution >= 0.6 is 0 Å². The van der Waals surface area contributed by atoms with E-state index in [1.54, 1.807) is 7.11 Å². The maximum Gasteiger partial charge on any atom is 0.313 e. The van der Waals surface area contributed by atoms with Gasteiger partial charge in [0.2, 0.25) is 0 Å². The highest BCUT2D eigenvalue weighted by atomic mass is 16.5. The van der Waals surface area contributed by atoms with E-state index in [0.29, 0.717) is 12.1 Å². The van der Waals surface area contributed by atoms with Crippen LogP contribution in [-0.4, -0.2) is 25.0 Å². The van der Waals surface area contributed by atoms with Gasteiger partial charge in [0.25, 0.3) is 0 Å². The Morgan fingerprint density at radius 3 is 2.41 bits per heavy atom. The van der Waals surface area contributed by atoms with Crippen LogP contribution in [0.1, 0.15) is 43.4 Å². The summed E-state index contributed by atoms with van der Waals surface area (Å²) in [5.74, 6) is -0.271. The van der Waals surface area contributed by atoms with Crippen LogP contribution in [0.15, 0.2) is 42.5 Å². The number of nitrogens with one attached hydrogen (secondary N) is 2. The van der Waals surface area contributed by atoms with Gasteiger partial charge in [-0.2, -0.15) is 0 Å². The second kappa shape index (κ2) is 9.21. The SMILES string of the molecule is COc1cccc(CC(C)NC(=O)C(=O)Nc2c(C)cccc2C(C)C)c1. The number of para-hydroxylation sites is 1. The predicted octanol–water partition coefficient (Wildman–Crippen LogP) is 3.81. The summed E-state index contributed by atoms with van der Waals surface area (Å²) >= 11 is 0. The van der Waals surface area contributed by atoms with Crippen LogP contribution in [0.3, 0.4) is 0 Å². The van der Waals surface area contributed by atoms with Gasteiger partial charge in [-0.3, -0.25) is 9.59 Å². The van der Waals surface area contributed by atoms with Gasteiger partial charge < -0.3 is 15.4 Å². The molecule has 1 atom stereocenters. The molecule has 0 aliphatic carbocycles. The summed E-state index contributed by atoms with van der Waals surface area (Å²) in [7, 11) is 1.62. The maximum atomic E-state index is 12.4. The third-order valence-electron chi connectivity index (χ3n) is 4.43.